The first-order chi connectivity index (χ1) is 16.8. The summed E-state index contributed by atoms with van der Waals surface area (Å²) < 4.78 is 30.3. The lowest BCUT2D eigenvalue weighted by Gasteiger charge is -2.60. The molecule has 0 spiro atoms. The maximum Gasteiger partial charge on any atom is 0.261 e. The predicted molar refractivity (Wildman–Crippen MR) is 132 cm³/mol. The Morgan fingerprint density at radius 2 is 1.74 bits per heavy atom. The summed E-state index contributed by atoms with van der Waals surface area (Å²) in [5.74, 6) is 1.07. The average molecular weight is 492 g/mol. The van der Waals surface area contributed by atoms with Gasteiger partial charge in [-0.3, -0.25) is 9.52 Å². The largest absolute Gasteiger partial charge is 0.326 e. The Kier molecular flexibility index (Phi) is 5.03. The second-order valence-corrected chi connectivity index (χ2v) is 12.4. The number of amides is 1. The smallest absolute Gasteiger partial charge is 0.261 e. The normalized spacial score (nSPS) is 29.2. The molecule has 35 heavy (non-hydrogen) atoms. The Morgan fingerprint density at radius 3 is 2.40 bits per heavy atom. The molecule has 1 aromatic heterocycles. The minimum absolute atomic E-state index is 0.0322. The van der Waals surface area contributed by atoms with E-state index in [4.69, 9.17) is 0 Å². The van der Waals surface area contributed by atoms with E-state index in [-0.39, 0.29) is 16.3 Å². The Hall–Kier alpha value is -3.20. The number of nitrogens with one attached hydrogen (secondary N) is 2. The van der Waals surface area contributed by atoms with Gasteiger partial charge in [-0.25, -0.2) is 18.1 Å². The number of aryl methyl sites for hydroxylation is 1. The fourth-order valence-electron chi connectivity index (χ4n) is 7.07. The molecule has 4 saturated carbocycles. The van der Waals surface area contributed by atoms with E-state index in [0.29, 0.717) is 23.2 Å². The summed E-state index contributed by atoms with van der Waals surface area (Å²) in [6, 6.07) is 13.6. The van der Waals surface area contributed by atoms with Crippen molar-refractivity contribution in [1.29, 1.82) is 0 Å². The quantitative estimate of drug-likeness (QED) is 0.534. The van der Waals surface area contributed by atoms with Gasteiger partial charge < -0.3 is 5.32 Å². The number of anilines is 2. The van der Waals surface area contributed by atoms with Gasteiger partial charge in [0.05, 0.1) is 21.5 Å². The van der Waals surface area contributed by atoms with Crippen molar-refractivity contribution in [2.45, 2.75) is 55.9 Å². The van der Waals surface area contributed by atoms with Crippen LogP contribution in [0.15, 0.2) is 66.1 Å². The van der Waals surface area contributed by atoms with Crippen molar-refractivity contribution in [3.8, 4) is 0 Å². The van der Waals surface area contributed by atoms with E-state index < -0.39 is 15.4 Å². The second kappa shape index (κ2) is 7.91. The molecule has 2 atom stereocenters. The molecule has 1 heterocycles. The summed E-state index contributed by atoms with van der Waals surface area (Å²) in [4.78, 5) is 18.0. The van der Waals surface area contributed by atoms with Crippen LogP contribution in [0.5, 0.6) is 0 Å². The van der Waals surface area contributed by atoms with E-state index in [2.05, 4.69) is 20.1 Å². The first-order valence-corrected chi connectivity index (χ1v) is 13.6. The van der Waals surface area contributed by atoms with Gasteiger partial charge in [0, 0.05) is 5.69 Å². The van der Waals surface area contributed by atoms with E-state index in [9.17, 15) is 13.2 Å². The molecule has 7 rings (SSSR count). The third kappa shape index (κ3) is 3.82. The van der Waals surface area contributed by atoms with Crippen molar-refractivity contribution in [2.24, 2.45) is 17.3 Å². The number of para-hydroxylation sites is 1. The van der Waals surface area contributed by atoms with Gasteiger partial charge in [0.25, 0.3) is 10.0 Å². The summed E-state index contributed by atoms with van der Waals surface area (Å²) in [5.41, 5.74) is 1.45. The van der Waals surface area contributed by atoms with Crippen LogP contribution < -0.4 is 10.0 Å². The monoisotopic (exact) mass is 491 g/mol. The summed E-state index contributed by atoms with van der Waals surface area (Å²) in [7, 11) is -3.73. The molecule has 3 aromatic rings. The SMILES string of the molecule is Cc1ccccc1NS(=O)(=O)c1ccc(NC(=O)C23CC4CC(C2)CC(n2cncn2)(C4)C3)cc1. The van der Waals surface area contributed by atoms with E-state index in [1.807, 2.05) is 23.7 Å². The number of aromatic nitrogens is 3. The van der Waals surface area contributed by atoms with E-state index in [1.165, 1.54) is 18.6 Å². The van der Waals surface area contributed by atoms with Gasteiger partial charge in [0.15, 0.2) is 0 Å². The van der Waals surface area contributed by atoms with Crippen LogP contribution in [-0.4, -0.2) is 29.1 Å². The van der Waals surface area contributed by atoms with Crippen LogP contribution in [0.1, 0.15) is 44.1 Å². The summed E-state index contributed by atoms with van der Waals surface area (Å²) in [6.07, 6.45) is 9.25. The van der Waals surface area contributed by atoms with Crippen molar-refractivity contribution >= 4 is 27.3 Å². The molecule has 2 N–H and O–H groups in total. The van der Waals surface area contributed by atoms with Crippen LogP contribution in [0.3, 0.4) is 0 Å². The molecule has 4 bridgehead atoms. The lowest BCUT2D eigenvalue weighted by atomic mass is 9.46. The predicted octanol–water partition coefficient (Wildman–Crippen LogP) is 4.32. The molecule has 0 radical (unpaired) electrons. The van der Waals surface area contributed by atoms with Crippen molar-refractivity contribution in [3.63, 3.8) is 0 Å². The zero-order valence-corrected chi connectivity index (χ0v) is 20.5. The van der Waals surface area contributed by atoms with Gasteiger partial charge in [0.1, 0.15) is 12.7 Å². The van der Waals surface area contributed by atoms with Crippen LogP contribution in [-0.2, 0) is 20.4 Å². The molecular weight excluding hydrogens is 462 g/mol. The highest BCUT2D eigenvalue weighted by Crippen LogP contribution is 2.64. The highest BCUT2D eigenvalue weighted by atomic mass is 32.2. The van der Waals surface area contributed by atoms with Crippen LogP contribution in [0.2, 0.25) is 0 Å². The minimum Gasteiger partial charge on any atom is -0.326 e. The molecule has 4 aliphatic carbocycles. The van der Waals surface area contributed by atoms with Gasteiger partial charge in [-0.2, -0.15) is 5.10 Å². The lowest BCUT2D eigenvalue weighted by Crippen LogP contribution is -2.60. The maximum atomic E-state index is 13.7. The zero-order valence-electron chi connectivity index (χ0n) is 19.6. The van der Waals surface area contributed by atoms with E-state index >= 15 is 0 Å². The molecule has 4 fully saturated rings. The Bertz CT molecular complexity index is 1350. The van der Waals surface area contributed by atoms with Crippen molar-refractivity contribution in [2.75, 3.05) is 10.0 Å². The number of carbonyl (C=O) groups excluding carboxylic acids is 1. The third-order valence-electron chi connectivity index (χ3n) is 8.23. The summed E-state index contributed by atoms with van der Waals surface area (Å²) in [5, 5.41) is 7.56. The van der Waals surface area contributed by atoms with Crippen LogP contribution in [0.4, 0.5) is 11.4 Å². The van der Waals surface area contributed by atoms with E-state index in [0.717, 1.165) is 37.7 Å². The minimum atomic E-state index is -3.73. The Morgan fingerprint density at radius 1 is 1.03 bits per heavy atom. The van der Waals surface area contributed by atoms with Gasteiger partial charge >= 0.3 is 0 Å². The fraction of sp³-hybridized carbons (Fsp3) is 0.423. The number of rotatable bonds is 6. The Balaban J connectivity index is 1.20. The molecule has 1 amide bonds. The van der Waals surface area contributed by atoms with Crippen LogP contribution >= 0.6 is 0 Å². The van der Waals surface area contributed by atoms with Gasteiger partial charge in [-0.1, -0.05) is 18.2 Å². The standard InChI is InChI=1S/C26H29N5O3S/c1-18-4-2-3-5-23(18)30-35(33,34)22-8-6-21(7-9-22)29-24(32)25-11-19-10-20(12-25)14-26(13-19,15-25)31-17-27-16-28-31/h2-9,16-17,19-20,30H,10-15H2,1H3,(H,29,32). The van der Waals surface area contributed by atoms with Crippen LogP contribution in [0, 0.1) is 24.2 Å². The molecule has 9 heteroatoms. The molecule has 8 nitrogen and oxygen atoms in total. The first-order valence-electron chi connectivity index (χ1n) is 12.1. The number of nitrogens with zero attached hydrogens (tertiary/aromatic N) is 3. The second-order valence-electron chi connectivity index (χ2n) is 10.7. The Labute approximate surface area is 205 Å². The maximum absolute atomic E-state index is 13.7. The molecule has 2 unspecified atom stereocenters. The average Bonchev–Trinajstić information content (AvgIpc) is 3.36. The molecule has 2 aromatic carbocycles. The number of hydrogen-bond donors (Lipinski definition) is 2. The molecule has 0 saturated heterocycles. The van der Waals surface area contributed by atoms with Gasteiger partial charge in [-0.05, 0) is 93.2 Å². The highest BCUT2D eigenvalue weighted by Gasteiger charge is 2.61. The van der Waals surface area contributed by atoms with Crippen molar-refractivity contribution in [1.82, 2.24) is 14.8 Å². The van der Waals surface area contributed by atoms with E-state index in [1.54, 1.807) is 36.9 Å². The van der Waals surface area contributed by atoms with Gasteiger partial charge in [0.2, 0.25) is 5.91 Å². The first kappa shape index (κ1) is 22.3. The molecule has 4 aliphatic rings. The van der Waals surface area contributed by atoms with Crippen molar-refractivity contribution in [3.05, 3.63) is 66.7 Å². The molecule has 182 valence electrons. The van der Waals surface area contributed by atoms with Crippen LogP contribution in [0.25, 0.3) is 0 Å². The molecule has 0 aliphatic heterocycles. The topological polar surface area (TPSA) is 106 Å². The lowest BCUT2D eigenvalue weighted by molar-refractivity contribution is -0.150. The number of sulfonamides is 1. The summed E-state index contributed by atoms with van der Waals surface area (Å²) in [6.45, 7) is 1.86. The van der Waals surface area contributed by atoms with Gasteiger partial charge in [-0.15, -0.1) is 0 Å². The zero-order chi connectivity index (χ0) is 24.3. The van der Waals surface area contributed by atoms with Crippen molar-refractivity contribution < 1.29 is 13.2 Å². The molecular formula is C26H29N5O3S. The number of carbonyl (C=O) groups is 1. The number of hydrogen-bond acceptors (Lipinski definition) is 5. The third-order valence-corrected chi connectivity index (χ3v) is 9.61. The summed E-state index contributed by atoms with van der Waals surface area (Å²) >= 11 is 0. The fourth-order valence-corrected chi connectivity index (χ4v) is 8.20. The highest BCUT2D eigenvalue weighted by molar-refractivity contribution is 7.92. The number of benzene rings is 2.